The Morgan fingerprint density at radius 1 is 0.296 bits per heavy atom. The average Bonchev–Trinajstić information content (AvgIpc) is 3.26. The smallest absolute Gasteiger partial charge is 0.00266 e. The van der Waals surface area contributed by atoms with Gasteiger partial charge in [0.1, 0.15) is 0 Å². The molecule has 0 saturated carbocycles. The Morgan fingerprint density at radius 2 is 0.722 bits per heavy atom. The molecule has 0 radical (unpaired) electrons. The minimum atomic E-state index is 1.11. The van der Waals surface area contributed by atoms with Crippen molar-refractivity contribution in [2.45, 2.75) is 12.8 Å². The molecule has 1 aliphatic rings. The molecule has 0 heterocycles. The summed E-state index contributed by atoms with van der Waals surface area (Å²) in [7, 11) is 0. The third-order valence-electron chi connectivity index (χ3n) is 11.1. The van der Waals surface area contributed by atoms with Crippen LogP contribution in [-0.2, 0) is 0 Å². The zero-order valence-electron chi connectivity index (χ0n) is 30.0. The van der Waals surface area contributed by atoms with Crippen molar-refractivity contribution in [2.75, 3.05) is 0 Å². The SMILES string of the molecule is C1=CC(c2ccc3cc(-c4ccc5c(-c6ccccc6)c(-c6ccc7cc(-c8ccccc8)ccc7c6)ccc5c4-c4ccccc4)ccc3c2)=CCC1. The van der Waals surface area contributed by atoms with Crippen LogP contribution in [0.1, 0.15) is 18.4 Å². The van der Waals surface area contributed by atoms with Crippen molar-refractivity contribution >= 4 is 37.9 Å². The van der Waals surface area contributed by atoms with Crippen LogP contribution in [0, 0.1) is 0 Å². The molecule has 0 N–H and O–H groups in total. The number of hydrogen-bond acceptors (Lipinski definition) is 0. The fraction of sp³-hybridized carbons (Fsp3) is 0.0370. The molecular formula is C54H38. The highest BCUT2D eigenvalue weighted by Gasteiger charge is 2.19. The van der Waals surface area contributed by atoms with Gasteiger partial charge in [0.2, 0.25) is 0 Å². The first-order valence-electron chi connectivity index (χ1n) is 19.0. The molecule has 0 nitrogen and oxygen atoms in total. The average molecular weight is 687 g/mol. The first kappa shape index (κ1) is 31.9. The third kappa shape index (κ3) is 5.83. The van der Waals surface area contributed by atoms with Crippen LogP contribution in [-0.4, -0.2) is 0 Å². The summed E-state index contributed by atoms with van der Waals surface area (Å²) in [6.07, 6.45) is 9.13. The quantitative estimate of drug-likeness (QED) is 0.163. The van der Waals surface area contributed by atoms with Gasteiger partial charge in [0.15, 0.2) is 0 Å². The van der Waals surface area contributed by atoms with Crippen molar-refractivity contribution in [3.8, 4) is 55.6 Å². The zero-order valence-corrected chi connectivity index (χ0v) is 30.0. The molecule has 254 valence electrons. The molecule has 0 bridgehead atoms. The molecule has 1 aliphatic carbocycles. The summed E-state index contributed by atoms with van der Waals surface area (Å²) in [5, 5.41) is 7.50. The third-order valence-corrected chi connectivity index (χ3v) is 11.1. The number of hydrogen-bond donors (Lipinski definition) is 0. The van der Waals surface area contributed by atoms with E-state index in [4.69, 9.17) is 0 Å². The van der Waals surface area contributed by atoms with Crippen LogP contribution in [0.2, 0.25) is 0 Å². The predicted molar refractivity (Wildman–Crippen MR) is 232 cm³/mol. The Labute approximate surface area is 317 Å². The molecule has 9 aromatic carbocycles. The number of fused-ring (bicyclic) bond motifs is 3. The highest BCUT2D eigenvalue weighted by molar-refractivity contribution is 6.13. The van der Waals surface area contributed by atoms with Gasteiger partial charge in [-0.05, 0) is 136 Å². The standard InChI is InChI=1S/C54H38/c1-5-13-37(14-6-1)41-21-23-45-35-47(27-25-43(45)33-41)49-29-31-52-51(53(49)39-17-9-3-10-18-39)32-30-50(54(52)40-19-11-4-12-20-40)48-28-26-44-34-42(22-24-46(44)36-48)38-15-7-2-8-16-38/h1,3-7,9-36H,2,8H2. The lowest BCUT2D eigenvalue weighted by molar-refractivity contribution is 1.04. The van der Waals surface area contributed by atoms with Crippen molar-refractivity contribution in [1.29, 1.82) is 0 Å². The van der Waals surface area contributed by atoms with E-state index in [9.17, 15) is 0 Å². The molecular weight excluding hydrogens is 649 g/mol. The van der Waals surface area contributed by atoms with E-state index in [0.717, 1.165) is 12.8 Å². The van der Waals surface area contributed by atoms with E-state index in [0.29, 0.717) is 0 Å². The van der Waals surface area contributed by atoms with Crippen LogP contribution in [0.15, 0.2) is 206 Å². The minimum absolute atomic E-state index is 1.11. The van der Waals surface area contributed by atoms with Gasteiger partial charge in [0, 0.05) is 0 Å². The Morgan fingerprint density at radius 3 is 1.20 bits per heavy atom. The van der Waals surface area contributed by atoms with Crippen molar-refractivity contribution in [2.24, 2.45) is 0 Å². The first-order chi connectivity index (χ1) is 26.8. The van der Waals surface area contributed by atoms with Crippen LogP contribution in [0.4, 0.5) is 0 Å². The molecule has 10 rings (SSSR count). The van der Waals surface area contributed by atoms with Gasteiger partial charge < -0.3 is 0 Å². The fourth-order valence-corrected chi connectivity index (χ4v) is 8.36. The van der Waals surface area contributed by atoms with E-state index in [1.807, 2.05) is 0 Å². The van der Waals surface area contributed by atoms with Gasteiger partial charge in [-0.25, -0.2) is 0 Å². The van der Waals surface area contributed by atoms with Crippen LogP contribution in [0.3, 0.4) is 0 Å². The lowest BCUT2D eigenvalue weighted by Gasteiger charge is -2.20. The van der Waals surface area contributed by atoms with Crippen molar-refractivity contribution in [3.05, 3.63) is 212 Å². The van der Waals surface area contributed by atoms with Gasteiger partial charge in [-0.15, -0.1) is 0 Å². The van der Waals surface area contributed by atoms with Gasteiger partial charge in [-0.1, -0.05) is 182 Å². The molecule has 0 heteroatoms. The monoisotopic (exact) mass is 686 g/mol. The molecule has 0 spiro atoms. The van der Waals surface area contributed by atoms with E-state index in [2.05, 4.69) is 206 Å². The summed E-state index contributed by atoms with van der Waals surface area (Å²) in [6.45, 7) is 0. The van der Waals surface area contributed by atoms with E-state index < -0.39 is 0 Å². The van der Waals surface area contributed by atoms with Gasteiger partial charge in [0.05, 0.1) is 0 Å². The van der Waals surface area contributed by atoms with E-state index in [1.54, 1.807) is 0 Å². The van der Waals surface area contributed by atoms with E-state index >= 15 is 0 Å². The Hall–Kier alpha value is -6.76. The summed E-state index contributed by atoms with van der Waals surface area (Å²) in [6, 6.07) is 69.4. The summed E-state index contributed by atoms with van der Waals surface area (Å²) < 4.78 is 0. The second-order valence-corrected chi connectivity index (χ2v) is 14.4. The summed E-state index contributed by atoms with van der Waals surface area (Å²) >= 11 is 0. The Bertz CT molecular complexity index is 2890. The van der Waals surface area contributed by atoms with E-state index in [1.165, 1.54) is 99.1 Å². The lowest BCUT2D eigenvalue weighted by Crippen LogP contribution is -1.93. The number of rotatable bonds is 6. The maximum atomic E-state index is 2.36. The van der Waals surface area contributed by atoms with Gasteiger partial charge >= 0.3 is 0 Å². The molecule has 0 fully saturated rings. The molecule has 54 heavy (non-hydrogen) atoms. The summed E-state index contributed by atoms with van der Waals surface area (Å²) in [5.41, 5.74) is 15.0. The van der Waals surface area contributed by atoms with Crippen LogP contribution in [0.25, 0.3) is 93.5 Å². The summed E-state index contributed by atoms with van der Waals surface area (Å²) in [5.74, 6) is 0. The van der Waals surface area contributed by atoms with Crippen LogP contribution < -0.4 is 0 Å². The summed E-state index contributed by atoms with van der Waals surface area (Å²) in [4.78, 5) is 0. The fourth-order valence-electron chi connectivity index (χ4n) is 8.36. The molecule has 0 aromatic heterocycles. The van der Waals surface area contributed by atoms with Crippen molar-refractivity contribution in [1.82, 2.24) is 0 Å². The minimum Gasteiger partial charge on any atom is -0.0836 e. The second-order valence-electron chi connectivity index (χ2n) is 14.4. The molecule has 0 amide bonds. The van der Waals surface area contributed by atoms with Crippen LogP contribution in [0.5, 0.6) is 0 Å². The topological polar surface area (TPSA) is 0 Å². The van der Waals surface area contributed by atoms with Gasteiger partial charge in [-0.2, -0.15) is 0 Å². The zero-order chi connectivity index (χ0) is 35.8. The Kier molecular flexibility index (Phi) is 8.08. The predicted octanol–water partition coefficient (Wildman–Crippen LogP) is 15.2. The Balaban J connectivity index is 1.15. The van der Waals surface area contributed by atoms with Gasteiger partial charge in [0.25, 0.3) is 0 Å². The first-order valence-corrected chi connectivity index (χ1v) is 19.0. The van der Waals surface area contributed by atoms with E-state index in [-0.39, 0.29) is 0 Å². The molecule has 0 saturated heterocycles. The second kappa shape index (κ2) is 13.7. The largest absolute Gasteiger partial charge is 0.0836 e. The highest BCUT2D eigenvalue weighted by Crippen LogP contribution is 2.45. The highest BCUT2D eigenvalue weighted by atomic mass is 14.2. The molecule has 0 atom stereocenters. The normalized spacial score (nSPS) is 12.7. The van der Waals surface area contributed by atoms with Crippen molar-refractivity contribution < 1.29 is 0 Å². The number of benzene rings is 9. The molecule has 0 unspecified atom stereocenters. The van der Waals surface area contributed by atoms with Gasteiger partial charge in [-0.3, -0.25) is 0 Å². The molecule has 0 aliphatic heterocycles. The van der Waals surface area contributed by atoms with Crippen LogP contribution >= 0.6 is 0 Å². The maximum absolute atomic E-state index is 2.36. The van der Waals surface area contributed by atoms with Crippen molar-refractivity contribution in [3.63, 3.8) is 0 Å². The number of allylic oxidation sites excluding steroid dienone is 4. The lowest BCUT2D eigenvalue weighted by atomic mass is 9.83. The molecule has 9 aromatic rings. The maximum Gasteiger partial charge on any atom is -0.00266 e.